The molecule has 0 aliphatic rings. The topological polar surface area (TPSA) is 67.4 Å². The summed E-state index contributed by atoms with van der Waals surface area (Å²) in [5.74, 6) is 0.101. The largest absolute Gasteiger partial charge is 0.497 e. The van der Waals surface area contributed by atoms with Crippen molar-refractivity contribution in [1.82, 2.24) is 5.32 Å². The van der Waals surface area contributed by atoms with Crippen molar-refractivity contribution in [3.05, 3.63) is 59.7 Å². The number of nitrogens with one attached hydrogen (secondary N) is 2. The summed E-state index contributed by atoms with van der Waals surface area (Å²) in [6, 6.07) is 13.7. The molecule has 5 nitrogen and oxygen atoms in total. The van der Waals surface area contributed by atoms with Crippen LogP contribution >= 0.6 is 0 Å². The first kappa shape index (κ1) is 18.5. The molecule has 1 unspecified atom stereocenters. The van der Waals surface area contributed by atoms with Crippen LogP contribution in [-0.4, -0.2) is 25.0 Å². The van der Waals surface area contributed by atoms with Gasteiger partial charge >= 0.3 is 0 Å². The lowest BCUT2D eigenvalue weighted by Gasteiger charge is -2.22. The van der Waals surface area contributed by atoms with Crippen molar-refractivity contribution in [2.24, 2.45) is 5.92 Å². The molecule has 2 amide bonds. The summed E-state index contributed by atoms with van der Waals surface area (Å²) in [5.41, 5.74) is 2.25. The molecule has 5 heteroatoms. The van der Waals surface area contributed by atoms with Gasteiger partial charge in [-0.05, 0) is 54.8 Å². The lowest BCUT2D eigenvalue weighted by molar-refractivity contribution is -0.118. The highest BCUT2D eigenvalue weighted by atomic mass is 16.5. The Kier molecular flexibility index (Phi) is 6.17. The number of ether oxygens (including phenoxy) is 1. The van der Waals surface area contributed by atoms with Gasteiger partial charge in [0.1, 0.15) is 11.8 Å². The number of hydrogen-bond acceptors (Lipinski definition) is 3. The van der Waals surface area contributed by atoms with Gasteiger partial charge in [-0.15, -0.1) is 0 Å². The van der Waals surface area contributed by atoms with Crippen molar-refractivity contribution in [3.63, 3.8) is 0 Å². The highest BCUT2D eigenvalue weighted by molar-refractivity contribution is 6.01. The molecule has 25 heavy (non-hydrogen) atoms. The molecule has 0 aromatic heterocycles. The van der Waals surface area contributed by atoms with E-state index in [0.29, 0.717) is 17.0 Å². The zero-order valence-electron chi connectivity index (χ0n) is 15.0. The summed E-state index contributed by atoms with van der Waals surface area (Å²) in [4.78, 5) is 25.0. The molecule has 0 heterocycles. The van der Waals surface area contributed by atoms with Crippen LogP contribution in [0, 0.1) is 12.8 Å². The zero-order valence-corrected chi connectivity index (χ0v) is 15.0. The molecule has 132 valence electrons. The zero-order chi connectivity index (χ0) is 18.4. The number of aryl methyl sites for hydroxylation is 1. The fourth-order valence-electron chi connectivity index (χ4n) is 2.44. The number of amides is 2. The van der Waals surface area contributed by atoms with Crippen LogP contribution in [-0.2, 0) is 4.79 Å². The number of anilines is 1. The lowest BCUT2D eigenvalue weighted by Crippen LogP contribution is -2.47. The normalized spacial score (nSPS) is 11.7. The number of benzene rings is 2. The third-order valence-electron chi connectivity index (χ3n) is 3.87. The summed E-state index contributed by atoms with van der Waals surface area (Å²) in [5, 5.41) is 5.68. The second-order valence-corrected chi connectivity index (χ2v) is 6.28. The predicted octanol–water partition coefficient (Wildman–Crippen LogP) is 3.40. The van der Waals surface area contributed by atoms with E-state index in [9.17, 15) is 9.59 Å². The number of rotatable bonds is 6. The van der Waals surface area contributed by atoms with Crippen LogP contribution in [0.15, 0.2) is 48.5 Å². The average Bonchev–Trinajstić information content (AvgIpc) is 2.59. The monoisotopic (exact) mass is 340 g/mol. The molecular weight excluding hydrogens is 316 g/mol. The fraction of sp³-hybridized carbons (Fsp3) is 0.300. The second kappa shape index (κ2) is 8.33. The molecule has 0 saturated carbocycles. The summed E-state index contributed by atoms with van der Waals surface area (Å²) in [7, 11) is 1.57. The van der Waals surface area contributed by atoms with Gasteiger partial charge in [0.2, 0.25) is 5.91 Å². The molecule has 0 saturated heterocycles. The van der Waals surface area contributed by atoms with Gasteiger partial charge in [0.25, 0.3) is 5.91 Å². The first-order valence-corrected chi connectivity index (χ1v) is 8.23. The van der Waals surface area contributed by atoms with Crippen molar-refractivity contribution < 1.29 is 14.3 Å². The first-order valence-electron chi connectivity index (χ1n) is 8.23. The van der Waals surface area contributed by atoms with Gasteiger partial charge in [-0.1, -0.05) is 26.0 Å². The van der Waals surface area contributed by atoms with Crippen molar-refractivity contribution in [2.45, 2.75) is 26.8 Å². The van der Waals surface area contributed by atoms with Crippen LogP contribution in [0.5, 0.6) is 5.75 Å². The third kappa shape index (κ3) is 5.08. The van der Waals surface area contributed by atoms with Crippen LogP contribution in [0.25, 0.3) is 0 Å². The molecule has 2 rings (SSSR count). The minimum Gasteiger partial charge on any atom is -0.497 e. The van der Waals surface area contributed by atoms with Gasteiger partial charge in [0.05, 0.1) is 7.11 Å². The van der Waals surface area contributed by atoms with Gasteiger partial charge in [0.15, 0.2) is 0 Å². The maximum Gasteiger partial charge on any atom is 0.251 e. The van der Waals surface area contributed by atoms with Crippen molar-refractivity contribution >= 4 is 17.5 Å². The van der Waals surface area contributed by atoms with E-state index in [4.69, 9.17) is 4.74 Å². The van der Waals surface area contributed by atoms with E-state index in [2.05, 4.69) is 10.6 Å². The first-order chi connectivity index (χ1) is 11.9. The second-order valence-electron chi connectivity index (χ2n) is 6.28. The molecule has 2 N–H and O–H groups in total. The summed E-state index contributed by atoms with van der Waals surface area (Å²) >= 11 is 0. The van der Waals surface area contributed by atoms with Gasteiger partial charge < -0.3 is 15.4 Å². The van der Waals surface area contributed by atoms with Gasteiger partial charge in [-0.25, -0.2) is 0 Å². The third-order valence-corrected chi connectivity index (χ3v) is 3.87. The van der Waals surface area contributed by atoms with Gasteiger partial charge in [-0.2, -0.15) is 0 Å². The molecule has 0 radical (unpaired) electrons. The smallest absolute Gasteiger partial charge is 0.251 e. The Morgan fingerprint density at radius 1 is 1.04 bits per heavy atom. The summed E-state index contributed by atoms with van der Waals surface area (Å²) in [6.07, 6.45) is 0. The fourth-order valence-corrected chi connectivity index (χ4v) is 2.44. The predicted molar refractivity (Wildman–Crippen MR) is 98.9 cm³/mol. The maximum absolute atomic E-state index is 12.6. The van der Waals surface area contributed by atoms with Crippen LogP contribution in [0.1, 0.15) is 29.8 Å². The van der Waals surface area contributed by atoms with Crippen LogP contribution in [0.3, 0.4) is 0 Å². The Bertz CT molecular complexity index is 739. The molecule has 0 aliphatic carbocycles. The SMILES string of the molecule is COc1ccc(C(=O)NC(C(=O)Nc2cccc(C)c2)C(C)C)cc1. The molecule has 1 atom stereocenters. The van der Waals surface area contributed by atoms with E-state index in [1.54, 1.807) is 31.4 Å². The van der Waals surface area contributed by atoms with E-state index in [0.717, 1.165) is 5.56 Å². The Hall–Kier alpha value is -2.82. The minimum atomic E-state index is -0.630. The number of carbonyl (C=O) groups excluding carboxylic acids is 2. The molecule has 0 fully saturated rings. The summed E-state index contributed by atoms with van der Waals surface area (Å²) in [6.45, 7) is 5.75. The number of hydrogen-bond donors (Lipinski definition) is 2. The molecule has 2 aromatic rings. The highest BCUT2D eigenvalue weighted by Gasteiger charge is 2.24. The molecule has 2 aromatic carbocycles. The number of carbonyl (C=O) groups is 2. The average molecular weight is 340 g/mol. The van der Waals surface area contributed by atoms with E-state index in [-0.39, 0.29) is 17.7 Å². The van der Waals surface area contributed by atoms with E-state index in [1.165, 1.54) is 0 Å². The van der Waals surface area contributed by atoms with Crippen molar-refractivity contribution in [3.8, 4) is 5.75 Å². The summed E-state index contributed by atoms with van der Waals surface area (Å²) < 4.78 is 5.09. The van der Waals surface area contributed by atoms with Crippen LogP contribution in [0.4, 0.5) is 5.69 Å². The van der Waals surface area contributed by atoms with Crippen molar-refractivity contribution in [1.29, 1.82) is 0 Å². The van der Waals surface area contributed by atoms with Crippen LogP contribution < -0.4 is 15.4 Å². The Morgan fingerprint density at radius 2 is 1.72 bits per heavy atom. The quantitative estimate of drug-likeness (QED) is 0.847. The van der Waals surface area contributed by atoms with Crippen LogP contribution in [0.2, 0.25) is 0 Å². The lowest BCUT2D eigenvalue weighted by atomic mass is 10.0. The number of methoxy groups -OCH3 is 1. The standard InChI is InChI=1S/C20H24N2O3/c1-13(2)18(20(24)21-16-7-5-6-14(3)12-16)22-19(23)15-8-10-17(25-4)11-9-15/h5-13,18H,1-4H3,(H,21,24)(H,22,23). The molecule has 0 spiro atoms. The highest BCUT2D eigenvalue weighted by Crippen LogP contribution is 2.14. The van der Waals surface area contributed by atoms with E-state index >= 15 is 0 Å². The molecule has 0 bridgehead atoms. The minimum absolute atomic E-state index is 0.0491. The Balaban J connectivity index is 2.08. The van der Waals surface area contributed by atoms with Gasteiger partial charge in [0, 0.05) is 11.3 Å². The maximum atomic E-state index is 12.6. The van der Waals surface area contributed by atoms with E-state index in [1.807, 2.05) is 45.0 Å². The molecular formula is C20H24N2O3. The van der Waals surface area contributed by atoms with Crippen molar-refractivity contribution in [2.75, 3.05) is 12.4 Å². The van der Waals surface area contributed by atoms with E-state index < -0.39 is 6.04 Å². The Morgan fingerprint density at radius 3 is 2.28 bits per heavy atom. The molecule has 0 aliphatic heterocycles. The van der Waals surface area contributed by atoms with Gasteiger partial charge in [-0.3, -0.25) is 9.59 Å². The Labute approximate surface area is 148 Å².